The van der Waals surface area contributed by atoms with E-state index in [1.54, 1.807) is 0 Å². The lowest BCUT2D eigenvalue weighted by atomic mass is 9.91. The van der Waals surface area contributed by atoms with Crippen LogP contribution in [0.15, 0.2) is 0 Å². The lowest BCUT2D eigenvalue weighted by Crippen LogP contribution is -2.48. The molecule has 1 saturated carbocycles. The first-order valence-electron chi connectivity index (χ1n) is 6.74. The van der Waals surface area contributed by atoms with Crippen LogP contribution >= 0.6 is 0 Å². The van der Waals surface area contributed by atoms with Crippen LogP contribution in [0, 0.1) is 11.3 Å². The molecule has 0 bridgehead atoms. The number of hydrogen-bond acceptors (Lipinski definition) is 3. The maximum Gasteiger partial charge on any atom is 0.224 e. The van der Waals surface area contributed by atoms with Gasteiger partial charge in [-0.15, -0.1) is 0 Å². The summed E-state index contributed by atoms with van der Waals surface area (Å²) < 4.78 is 5.37. The molecule has 4 heteroatoms. The third-order valence-electron chi connectivity index (χ3n) is 4.75. The van der Waals surface area contributed by atoms with Crippen molar-refractivity contribution in [2.75, 3.05) is 26.3 Å². The Morgan fingerprint density at radius 2 is 2.12 bits per heavy atom. The Bertz CT molecular complexity index is 317. The van der Waals surface area contributed by atoms with Crippen molar-refractivity contribution >= 4 is 5.91 Å². The average Bonchev–Trinajstić information content (AvgIpc) is 2.82. The van der Waals surface area contributed by atoms with Crippen LogP contribution < -0.4 is 10.6 Å². The number of amides is 1. The van der Waals surface area contributed by atoms with Crippen LogP contribution in [-0.2, 0) is 9.53 Å². The molecule has 1 spiro atoms. The summed E-state index contributed by atoms with van der Waals surface area (Å²) in [6.45, 7) is 5.68. The number of carbonyl (C=O) groups is 1. The topological polar surface area (TPSA) is 50.4 Å². The van der Waals surface area contributed by atoms with Crippen molar-refractivity contribution in [2.24, 2.45) is 11.3 Å². The third-order valence-corrected chi connectivity index (χ3v) is 4.75. The summed E-state index contributed by atoms with van der Waals surface area (Å²) in [6.07, 6.45) is 4.37. The van der Waals surface area contributed by atoms with Gasteiger partial charge in [0.25, 0.3) is 0 Å². The van der Waals surface area contributed by atoms with Crippen molar-refractivity contribution in [2.45, 2.75) is 38.1 Å². The minimum atomic E-state index is -0.117. The molecular weight excluding hydrogens is 216 g/mol. The molecular formula is C13H22N2O2. The first-order valence-corrected chi connectivity index (χ1v) is 6.74. The number of hydrogen-bond donors (Lipinski definition) is 2. The van der Waals surface area contributed by atoms with E-state index in [1.807, 2.05) is 0 Å². The molecule has 3 aliphatic rings. The van der Waals surface area contributed by atoms with E-state index in [4.69, 9.17) is 4.74 Å². The maximum atomic E-state index is 12.3. The standard InChI is InChI=1S/C13H22N2O2/c1-12(4-7-17-9-12)15-11(16)10-8-13(10)2-5-14-6-3-13/h10,14H,2-9H2,1H3,(H,15,16). The highest BCUT2D eigenvalue weighted by Gasteiger charge is 2.58. The van der Waals surface area contributed by atoms with E-state index < -0.39 is 0 Å². The lowest BCUT2D eigenvalue weighted by molar-refractivity contribution is -0.125. The quantitative estimate of drug-likeness (QED) is 0.743. The Hall–Kier alpha value is -0.610. The average molecular weight is 238 g/mol. The highest BCUT2D eigenvalue weighted by Crippen LogP contribution is 2.58. The number of rotatable bonds is 2. The second kappa shape index (κ2) is 3.95. The third kappa shape index (κ3) is 2.08. The minimum absolute atomic E-state index is 0.117. The van der Waals surface area contributed by atoms with E-state index in [-0.39, 0.29) is 17.4 Å². The summed E-state index contributed by atoms with van der Waals surface area (Å²) in [7, 11) is 0. The molecule has 17 heavy (non-hydrogen) atoms. The van der Waals surface area contributed by atoms with Crippen LogP contribution in [0.1, 0.15) is 32.6 Å². The molecule has 4 nitrogen and oxygen atoms in total. The van der Waals surface area contributed by atoms with Gasteiger partial charge in [0.2, 0.25) is 5.91 Å². The summed E-state index contributed by atoms with van der Waals surface area (Å²) in [6, 6.07) is 0. The molecule has 1 amide bonds. The normalized spacial score (nSPS) is 39.2. The van der Waals surface area contributed by atoms with Crippen molar-refractivity contribution < 1.29 is 9.53 Å². The zero-order chi connectivity index (χ0) is 11.9. The first-order chi connectivity index (χ1) is 8.14. The molecule has 2 N–H and O–H groups in total. The van der Waals surface area contributed by atoms with E-state index in [2.05, 4.69) is 17.6 Å². The number of ether oxygens (including phenoxy) is 1. The molecule has 2 aliphatic heterocycles. The zero-order valence-corrected chi connectivity index (χ0v) is 10.6. The van der Waals surface area contributed by atoms with E-state index in [9.17, 15) is 4.79 Å². The summed E-state index contributed by atoms with van der Waals surface area (Å²) in [5.74, 6) is 0.530. The molecule has 2 unspecified atom stereocenters. The van der Waals surface area contributed by atoms with Gasteiger partial charge in [-0.25, -0.2) is 0 Å². The van der Waals surface area contributed by atoms with Crippen molar-refractivity contribution in [3.63, 3.8) is 0 Å². The Kier molecular flexibility index (Phi) is 2.67. The fraction of sp³-hybridized carbons (Fsp3) is 0.923. The molecule has 96 valence electrons. The second-order valence-corrected chi connectivity index (χ2v) is 6.22. The van der Waals surface area contributed by atoms with Crippen molar-refractivity contribution in [3.05, 3.63) is 0 Å². The minimum Gasteiger partial charge on any atom is -0.379 e. The maximum absolute atomic E-state index is 12.3. The van der Waals surface area contributed by atoms with Crippen molar-refractivity contribution in [1.29, 1.82) is 0 Å². The summed E-state index contributed by atoms with van der Waals surface area (Å²) in [4.78, 5) is 12.3. The number of carbonyl (C=O) groups excluding carboxylic acids is 1. The van der Waals surface area contributed by atoms with Crippen LogP contribution in [0.5, 0.6) is 0 Å². The second-order valence-electron chi connectivity index (χ2n) is 6.22. The smallest absolute Gasteiger partial charge is 0.224 e. The predicted octanol–water partition coefficient (Wildman–Crippen LogP) is 0.671. The molecule has 2 atom stereocenters. The summed E-state index contributed by atoms with van der Waals surface area (Å²) in [5.41, 5.74) is 0.221. The van der Waals surface area contributed by atoms with Gasteiger partial charge in [0.15, 0.2) is 0 Å². The van der Waals surface area contributed by atoms with Crippen LogP contribution in [0.3, 0.4) is 0 Å². The van der Waals surface area contributed by atoms with Crippen LogP contribution in [0.25, 0.3) is 0 Å². The molecule has 0 radical (unpaired) electrons. The SMILES string of the molecule is CC1(NC(=O)C2CC23CCNCC3)CCOC1. The molecule has 2 saturated heterocycles. The van der Waals surface area contributed by atoms with Crippen molar-refractivity contribution in [3.8, 4) is 0 Å². The highest BCUT2D eigenvalue weighted by molar-refractivity contribution is 5.83. The van der Waals surface area contributed by atoms with Gasteiger partial charge in [-0.3, -0.25) is 4.79 Å². The van der Waals surface area contributed by atoms with E-state index in [0.29, 0.717) is 12.0 Å². The van der Waals surface area contributed by atoms with Gasteiger partial charge < -0.3 is 15.4 Å². The van der Waals surface area contributed by atoms with Crippen LogP contribution in [-0.4, -0.2) is 37.7 Å². The summed E-state index contributed by atoms with van der Waals surface area (Å²) >= 11 is 0. The molecule has 0 aromatic heterocycles. The predicted molar refractivity (Wildman–Crippen MR) is 64.6 cm³/mol. The molecule has 3 rings (SSSR count). The molecule has 3 fully saturated rings. The van der Waals surface area contributed by atoms with Gasteiger partial charge in [0, 0.05) is 12.5 Å². The Morgan fingerprint density at radius 3 is 2.76 bits per heavy atom. The van der Waals surface area contributed by atoms with E-state index in [0.717, 1.165) is 45.4 Å². The largest absolute Gasteiger partial charge is 0.379 e. The molecule has 0 aromatic carbocycles. The Labute approximate surface area is 102 Å². The van der Waals surface area contributed by atoms with Gasteiger partial charge in [-0.05, 0) is 51.1 Å². The zero-order valence-electron chi connectivity index (χ0n) is 10.6. The van der Waals surface area contributed by atoms with Crippen LogP contribution in [0.4, 0.5) is 0 Å². The van der Waals surface area contributed by atoms with Gasteiger partial charge in [-0.1, -0.05) is 0 Å². The number of piperidine rings is 1. The summed E-state index contributed by atoms with van der Waals surface area (Å²) in [5, 5.41) is 6.57. The number of nitrogens with one attached hydrogen (secondary N) is 2. The van der Waals surface area contributed by atoms with Crippen molar-refractivity contribution in [1.82, 2.24) is 10.6 Å². The fourth-order valence-electron chi connectivity index (χ4n) is 3.35. The van der Waals surface area contributed by atoms with Crippen LogP contribution in [0.2, 0.25) is 0 Å². The Balaban J connectivity index is 1.57. The molecule has 1 aliphatic carbocycles. The fourth-order valence-corrected chi connectivity index (χ4v) is 3.35. The monoisotopic (exact) mass is 238 g/mol. The van der Waals surface area contributed by atoms with Gasteiger partial charge >= 0.3 is 0 Å². The van der Waals surface area contributed by atoms with E-state index in [1.165, 1.54) is 0 Å². The molecule has 0 aromatic rings. The van der Waals surface area contributed by atoms with Gasteiger partial charge in [0.05, 0.1) is 12.1 Å². The molecule has 2 heterocycles. The first kappa shape index (κ1) is 11.5. The Morgan fingerprint density at radius 1 is 1.35 bits per heavy atom. The van der Waals surface area contributed by atoms with Gasteiger partial charge in [0.1, 0.15) is 0 Å². The van der Waals surface area contributed by atoms with Gasteiger partial charge in [-0.2, -0.15) is 0 Å². The highest BCUT2D eigenvalue weighted by atomic mass is 16.5. The van der Waals surface area contributed by atoms with E-state index >= 15 is 0 Å². The lowest BCUT2D eigenvalue weighted by Gasteiger charge is -2.26.